The molecule has 1 aliphatic carbocycles. The molecule has 0 saturated heterocycles. The highest BCUT2D eigenvalue weighted by Gasteiger charge is 2.27. The van der Waals surface area contributed by atoms with Gasteiger partial charge in [-0.2, -0.15) is 0 Å². The van der Waals surface area contributed by atoms with Crippen LogP contribution in [0.3, 0.4) is 0 Å². The van der Waals surface area contributed by atoms with Crippen LogP contribution in [0.2, 0.25) is 5.02 Å². The van der Waals surface area contributed by atoms with Crippen molar-refractivity contribution in [2.45, 2.75) is 25.7 Å². The Morgan fingerprint density at radius 3 is 2.65 bits per heavy atom. The van der Waals surface area contributed by atoms with Crippen LogP contribution in [0.25, 0.3) is 0 Å². The summed E-state index contributed by atoms with van der Waals surface area (Å²) in [5, 5.41) is 3.89. The van der Waals surface area contributed by atoms with Gasteiger partial charge in [-0.25, -0.2) is 15.8 Å². The largest absolute Gasteiger partial charge is 0.339 e. The fourth-order valence-electron chi connectivity index (χ4n) is 2.00. The van der Waals surface area contributed by atoms with Crippen molar-refractivity contribution in [3.8, 4) is 0 Å². The molecule has 0 bridgehead atoms. The van der Waals surface area contributed by atoms with E-state index in [9.17, 15) is 0 Å². The molecule has 1 aromatic heterocycles. The lowest BCUT2D eigenvalue weighted by molar-refractivity contribution is 0.929. The van der Waals surface area contributed by atoms with Crippen LogP contribution in [-0.4, -0.2) is 9.97 Å². The summed E-state index contributed by atoms with van der Waals surface area (Å²) in [6, 6.07) is 7.58. The first-order valence-electron chi connectivity index (χ1n) is 6.54. The topological polar surface area (TPSA) is 75.9 Å². The van der Waals surface area contributed by atoms with Crippen LogP contribution < -0.4 is 16.6 Å². The number of nitrogens with one attached hydrogen (secondary N) is 2. The molecule has 104 valence electrons. The minimum absolute atomic E-state index is 0.455. The smallest absolute Gasteiger partial charge is 0.145 e. The lowest BCUT2D eigenvalue weighted by Gasteiger charge is -2.11. The van der Waals surface area contributed by atoms with Gasteiger partial charge in [-0.05, 0) is 37.5 Å². The Morgan fingerprint density at radius 1 is 1.20 bits per heavy atom. The molecule has 0 aliphatic heterocycles. The van der Waals surface area contributed by atoms with E-state index in [-0.39, 0.29) is 0 Å². The van der Waals surface area contributed by atoms with Gasteiger partial charge in [0.25, 0.3) is 0 Å². The minimum Gasteiger partial charge on any atom is -0.339 e. The van der Waals surface area contributed by atoms with E-state index in [1.165, 1.54) is 0 Å². The van der Waals surface area contributed by atoms with E-state index in [0.29, 0.717) is 22.6 Å². The first-order chi connectivity index (χ1) is 9.65. The third kappa shape index (κ3) is 2.84. The van der Waals surface area contributed by atoms with E-state index >= 15 is 0 Å². The van der Waals surface area contributed by atoms with Crippen molar-refractivity contribution in [2.75, 3.05) is 10.7 Å². The summed E-state index contributed by atoms with van der Waals surface area (Å²) in [4.78, 5) is 8.91. The van der Waals surface area contributed by atoms with Gasteiger partial charge in [0.05, 0.1) is 10.7 Å². The fraction of sp³-hybridized carbons (Fsp3) is 0.286. The van der Waals surface area contributed by atoms with E-state index in [4.69, 9.17) is 17.4 Å². The van der Waals surface area contributed by atoms with Gasteiger partial charge >= 0.3 is 0 Å². The van der Waals surface area contributed by atoms with Gasteiger partial charge in [0.15, 0.2) is 0 Å². The lowest BCUT2D eigenvalue weighted by Crippen LogP contribution is -2.11. The predicted octanol–water partition coefficient (Wildman–Crippen LogP) is 3.35. The van der Waals surface area contributed by atoms with Crippen LogP contribution in [0.15, 0.2) is 24.3 Å². The van der Waals surface area contributed by atoms with Gasteiger partial charge in [0.1, 0.15) is 17.5 Å². The Morgan fingerprint density at radius 2 is 1.95 bits per heavy atom. The summed E-state index contributed by atoms with van der Waals surface area (Å²) in [5.74, 6) is 8.04. The van der Waals surface area contributed by atoms with Gasteiger partial charge in [0, 0.05) is 12.0 Å². The summed E-state index contributed by atoms with van der Waals surface area (Å²) in [6.45, 7) is 2.02. The number of hydrogen-bond donors (Lipinski definition) is 3. The molecule has 3 rings (SSSR count). The molecule has 0 unspecified atom stereocenters. The molecular weight excluding hydrogens is 274 g/mol. The van der Waals surface area contributed by atoms with Crippen molar-refractivity contribution < 1.29 is 0 Å². The molecule has 2 aromatic rings. The van der Waals surface area contributed by atoms with Crippen LogP contribution in [0.5, 0.6) is 0 Å². The number of benzene rings is 1. The third-order valence-electron chi connectivity index (χ3n) is 3.22. The fourth-order valence-corrected chi connectivity index (χ4v) is 2.17. The van der Waals surface area contributed by atoms with Crippen molar-refractivity contribution in [2.24, 2.45) is 5.84 Å². The molecule has 1 aliphatic rings. The standard InChI is InChI=1S/C14H16ClN5/c1-8-2-5-10(15)11(6-8)17-12-7-13(20-16)19-14(18-12)9-3-4-9/h2,5-7,9H,3-4,16H2,1H3,(H2,17,18,19,20). The zero-order chi connectivity index (χ0) is 14.1. The molecule has 20 heavy (non-hydrogen) atoms. The van der Waals surface area contributed by atoms with Gasteiger partial charge in [0.2, 0.25) is 0 Å². The molecule has 1 fully saturated rings. The number of hydrazine groups is 1. The van der Waals surface area contributed by atoms with Crippen LogP contribution in [0, 0.1) is 6.92 Å². The molecule has 0 atom stereocenters. The SMILES string of the molecule is Cc1ccc(Cl)c(Nc2cc(NN)nc(C3CC3)n2)c1. The Hall–Kier alpha value is -1.85. The van der Waals surface area contributed by atoms with Gasteiger partial charge in [-0.15, -0.1) is 0 Å². The molecule has 4 N–H and O–H groups in total. The summed E-state index contributed by atoms with van der Waals surface area (Å²) in [6.07, 6.45) is 2.28. The number of halogens is 1. The average molecular weight is 290 g/mol. The molecule has 5 nitrogen and oxygen atoms in total. The average Bonchev–Trinajstić information content (AvgIpc) is 3.27. The number of nitrogens with zero attached hydrogens (tertiary/aromatic N) is 2. The van der Waals surface area contributed by atoms with E-state index in [1.54, 1.807) is 6.07 Å². The number of hydrogen-bond acceptors (Lipinski definition) is 5. The number of rotatable bonds is 4. The highest BCUT2D eigenvalue weighted by Crippen LogP contribution is 2.39. The normalized spacial score (nSPS) is 14.2. The van der Waals surface area contributed by atoms with Crippen LogP contribution >= 0.6 is 11.6 Å². The van der Waals surface area contributed by atoms with Crippen molar-refractivity contribution in [3.05, 3.63) is 40.7 Å². The second-order valence-electron chi connectivity index (χ2n) is 5.02. The maximum atomic E-state index is 6.19. The molecule has 1 heterocycles. The van der Waals surface area contributed by atoms with E-state index in [0.717, 1.165) is 29.9 Å². The molecule has 1 aromatic carbocycles. The quantitative estimate of drug-likeness (QED) is 0.594. The Labute approximate surface area is 122 Å². The van der Waals surface area contributed by atoms with Crippen LogP contribution in [0.1, 0.15) is 30.1 Å². The highest BCUT2D eigenvalue weighted by molar-refractivity contribution is 6.33. The highest BCUT2D eigenvalue weighted by atomic mass is 35.5. The second kappa shape index (κ2) is 5.26. The molecule has 1 saturated carbocycles. The lowest BCUT2D eigenvalue weighted by atomic mass is 10.2. The number of nitrogen functional groups attached to an aromatic ring is 1. The maximum Gasteiger partial charge on any atom is 0.145 e. The van der Waals surface area contributed by atoms with Crippen molar-refractivity contribution in [3.63, 3.8) is 0 Å². The number of aryl methyl sites for hydroxylation is 1. The zero-order valence-electron chi connectivity index (χ0n) is 11.2. The number of anilines is 3. The maximum absolute atomic E-state index is 6.19. The Bertz CT molecular complexity index is 639. The van der Waals surface area contributed by atoms with Crippen molar-refractivity contribution in [1.29, 1.82) is 0 Å². The summed E-state index contributed by atoms with van der Waals surface area (Å²) in [7, 11) is 0. The van der Waals surface area contributed by atoms with E-state index < -0.39 is 0 Å². The molecule has 6 heteroatoms. The third-order valence-corrected chi connectivity index (χ3v) is 3.55. The molecule has 0 spiro atoms. The Kier molecular flexibility index (Phi) is 3.46. The second-order valence-corrected chi connectivity index (χ2v) is 5.43. The van der Waals surface area contributed by atoms with Gasteiger partial charge in [-0.1, -0.05) is 17.7 Å². The molecular formula is C14H16ClN5. The molecule has 0 amide bonds. The molecule has 0 radical (unpaired) electrons. The van der Waals surface area contributed by atoms with Crippen LogP contribution in [0.4, 0.5) is 17.3 Å². The summed E-state index contributed by atoms with van der Waals surface area (Å²) in [5.41, 5.74) is 4.54. The van der Waals surface area contributed by atoms with E-state index in [1.807, 2.05) is 25.1 Å². The number of nitrogens with two attached hydrogens (primary N) is 1. The number of aromatic nitrogens is 2. The monoisotopic (exact) mass is 289 g/mol. The van der Waals surface area contributed by atoms with Gasteiger partial charge in [-0.3, -0.25) is 0 Å². The van der Waals surface area contributed by atoms with Crippen molar-refractivity contribution in [1.82, 2.24) is 9.97 Å². The van der Waals surface area contributed by atoms with Gasteiger partial charge < -0.3 is 10.7 Å². The predicted molar refractivity (Wildman–Crippen MR) is 81.3 cm³/mol. The van der Waals surface area contributed by atoms with E-state index in [2.05, 4.69) is 20.7 Å². The summed E-state index contributed by atoms with van der Waals surface area (Å²) < 4.78 is 0. The zero-order valence-corrected chi connectivity index (χ0v) is 11.9. The van der Waals surface area contributed by atoms with Crippen molar-refractivity contribution >= 4 is 28.9 Å². The summed E-state index contributed by atoms with van der Waals surface area (Å²) >= 11 is 6.19. The first kappa shape index (κ1) is 13.1. The Balaban J connectivity index is 1.93. The minimum atomic E-state index is 0.455. The van der Waals surface area contributed by atoms with Crippen LogP contribution in [-0.2, 0) is 0 Å². The first-order valence-corrected chi connectivity index (χ1v) is 6.92.